The minimum Gasteiger partial charge on any atom is -0.364 e. The van der Waals surface area contributed by atoms with E-state index < -0.39 is 5.60 Å². The molecular formula is C62H5O. The lowest BCUT2D eigenvalue weighted by Crippen LogP contribution is -2.40. The van der Waals surface area contributed by atoms with Crippen molar-refractivity contribution in [3.05, 3.63) is 28.2 Å². The van der Waals surface area contributed by atoms with Gasteiger partial charge in [0.1, 0.15) is 5.60 Å². The number of rotatable bonds is 2. The summed E-state index contributed by atoms with van der Waals surface area (Å²) in [4.78, 5) is 0. The molecule has 0 bridgehead atoms. The molecule has 63 heavy (non-hydrogen) atoms. The highest BCUT2D eigenvalue weighted by atomic mass is 16.5. The monoisotopic (exact) mass is 765 g/mol. The first kappa shape index (κ1) is 22.5. The predicted molar refractivity (Wildman–Crippen MR) is 266 cm³/mol. The molecule has 1 heteroatoms. The Labute approximate surface area is 341 Å². The van der Waals surface area contributed by atoms with E-state index in [2.05, 4.69) is 6.92 Å². The molecule has 4 aliphatic carbocycles. The van der Waals surface area contributed by atoms with Crippen LogP contribution in [-0.4, -0.2) is 6.61 Å². The van der Waals surface area contributed by atoms with Gasteiger partial charge in [0.15, 0.2) is 0 Å². The van der Waals surface area contributed by atoms with Gasteiger partial charge in [-0.25, -0.2) is 0 Å². The summed E-state index contributed by atoms with van der Waals surface area (Å²) in [5, 5.41) is 88.3. The van der Waals surface area contributed by atoms with Gasteiger partial charge in [0, 0.05) is 17.7 Å². The zero-order valence-corrected chi connectivity index (χ0v) is 32.1. The molecule has 0 fully saturated rings. The van der Waals surface area contributed by atoms with Gasteiger partial charge in [-0.05, 0) is 309 Å². The van der Waals surface area contributed by atoms with Crippen LogP contribution in [-0.2, 0) is 10.3 Å². The zero-order chi connectivity index (χ0) is 37.0. The van der Waals surface area contributed by atoms with Crippen LogP contribution >= 0.6 is 0 Å². The predicted octanol–water partition coefficient (Wildman–Crippen LogP) is 17.0. The molecule has 0 heterocycles. The van der Waals surface area contributed by atoms with Crippen LogP contribution in [0, 0.1) is 5.92 Å². The van der Waals surface area contributed by atoms with Crippen molar-refractivity contribution in [2.45, 2.75) is 12.5 Å². The summed E-state index contributed by atoms with van der Waals surface area (Å²) in [5.41, 5.74) is 5.70. The van der Waals surface area contributed by atoms with Gasteiger partial charge >= 0.3 is 0 Å². The normalized spacial score (nSPS) is 19.4. The van der Waals surface area contributed by atoms with E-state index in [1.54, 1.807) is 319 Å². The Balaban J connectivity index is 1.30. The van der Waals surface area contributed by atoms with Gasteiger partial charge < -0.3 is 4.74 Å². The minimum atomic E-state index is -0.625. The van der Waals surface area contributed by atoms with Crippen LogP contribution in [0.2, 0.25) is 0 Å². The summed E-state index contributed by atoms with van der Waals surface area (Å²) in [6.07, 6.45) is 0. The molecule has 1 nitrogen and oxygen atoms in total. The molecule has 28 aromatic carbocycles. The van der Waals surface area contributed by atoms with E-state index in [1.165, 1.54) is 0 Å². The van der Waals surface area contributed by atoms with Crippen molar-refractivity contribution < 1.29 is 4.74 Å². The summed E-state index contributed by atoms with van der Waals surface area (Å²) in [6.45, 7) is 3.01. The van der Waals surface area contributed by atoms with Crippen LogP contribution in [0.15, 0.2) is 0 Å². The van der Waals surface area contributed by atoms with E-state index in [4.69, 9.17) is 4.74 Å². The minimum absolute atomic E-state index is 0.625. The molecule has 28 aromatic rings. The molecule has 32 rings (SSSR count). The summed E-state index contributed by atoms with van der Waals surface area (Å²) >= 11 is 0. The Hall–Kier alpha value is -7.58. The molecule has 0 spiro atoms. The van der Waals surface area contributed by atoms with Crippen LogP contribution in [0.4, 0.5) is 0 Å². The maximum Gasteiger partial charge on any atom is 0.136 e. The summed E-state index contributed by atoms with van der Waals surface area (Å²) in [6, 6.07) is 0. The largest absolute Gasteiger partial charge is 0.364 e. The van der Waals surface area contributed by atoms with E-state index in [1.807, 2.05) is 0 Å². The highest BCUT2D eigenvalue weighted by Crippen LogP contribution is 2.83. The Morgan fingerprint density at radius 3 is 0.540 bits per heavy atom. The standard InChI is InChI=1S/C62H5O/c1-2-63-62-59-55-49-35-27-19-7-4-3-5-8(7)20-22-18-12(5)14-10-6(3)9-13-11(4)17-21(19)33(35)41-39-25(17)23(13)31-29-15(9)16(10)30-32-24(14)26(18)40-42-34(22)36(28(20)27)50(49)56(59)52(42)54-46(40)44(32)48-38(30)37(29)47-43(31)45(39)53(51(41)55)60(62)57(47)58(48)61(54)62/h2H2,1H3. The van der Waals surface area contributed by atoms with Crippen LogP contribution in [0.25, 0.3) is 291 Å². The number of hydrogen-bond donors (Lipinski definition) is 0. The molecule has 4 aliphatic rings. The quantitative estimate of drug-likeness (QED) is 0.159. The Morgan fingerprint density at radius 1 is 0.206 bits per heavy atom. The molecule has 0 unspecified atom stereocenters. The SMILES string of the molecule is CCOC12[C]3c4c5c6c1c1c7c2c2c8c3c3c4c4c9c5c5c6c6c1c1c%10c7c7c2c2c8c8c3c3c4c4c9c9c5c5c6c1c1c6c%10c7c7c2c2c8c3c3c4c4c9c5c1c1c6c7c2c3c41. The van der Waals surface area contributed by atoms with Gasteiger partial charge in [0.2, 0.25) is 0 Å². The molecule has 0 atom stereocenters. The van der Waals surface area contributed by atoms with Gasteiger partial charge in [-0.15, -0.1) is 0 Å². The first-order valence-corrected chi connectivity index (χ1v) is 23.7. The van der Waals surface area contributed by atoms with E-state index in [9.17, 15) is 0 Å². The Morgan fingerprint density at radius 2 is 0.349 bits per heavy atom. The van der Waals surface area contributed by atoms with Crippen LogP contribution in [0.1, 0.15) is 29.2 Å². The number of hydrogen-bond acceptors (Lipinski definition) is 1. The fourth-order valence-electron chi connectivity index (χ4n) is 23.2. The van der Waals surface area contributed by atoms with Crippen molar-refractivity contribution in [2.24, 2.45) is 0 Å². The fraction of sp³-hybridized carbons (Fsp3) is 0.0484. The van der Waals surface area contributed by atoms with Crippen molar-refractivity contribution in [3.63, 3.8) is 0 Å². The molecule has 0 aromatic heterocycles. The molecule has 0 saturated carbocycles. The highest BCUT2D eigenvalue weighted by molar-refractivity contribution is 6.82. The molecule has 259 valence electrons. The summed E-state index contributed by atoms with van der Waals surface area (Å²) in [5.74, 6) is 1.56. The maximum atomic E-state index is 8.04. The van der Waals surface area contributed by atoms with Gasteiger partial charge in [-0.3, -0.25) is 0 Å². The number of ether oxygens (including phenoxy) is 1. The molecule has 0 N–H and O–H groups in total. The van der Waals surface area contributed by atoms with E-state index >= 15 is 0 Å². The second-order valence-corrected chi connectivity index (χ2v) is 23.2. The summed E-state index contributed by atoms with van der Waals surface area (Å²) in [7, 11) is 0. The third-order valence-electron chi connectivity index (χ3n) is 23.2. The molecule has 1 radical (unpaired) electrons. The smallest absolute Gasteiger partial charge is 0.136 e. The lowest BCUT2D eigenvalue weighted by Gasteiger charge is -2.44. The van der Waals surface area contributed by atoms with E-state index in [0.29, 0.717) is 6.61 Å². The first-order valence-electron chi connectivity index (χ1n) is 23.7. The fourth-order valence-corrected chi connectivity index (χ4v) is 23.2. The Bertz CT molecular complexity index is 6650. The van der Waals surface area contributed by atoms with Gasteiger partial charge in [-0.1, -0.05) is 0 Å². The lowest BCUT2D eigenvalue weighted by atomic mass is 9.64. The van der Waals surface area contributed by atoms with Crippen LogP contribution in [0.5, 0.6) is 0 Å². The van der Waals surface area contributed by atoms with Crippen LogP contribution in [0.3, 0.4) is 0 Å². The maximum absolute atomic E-state index is 8.04. The number of benzene rings is 18. The molecule has 0 saturated heterocycles. The highest BCUT2D eigenvalue weighted by Gasteiger charge is 2.64. The third-order valence-corrected chi connectivity index (χ3v) is 23.2. The lowest BCUT2D eigenvalue weighted by molar-refractivity contribution is 0.0131. The van der Waals surface area contributed by atoms with Crippen molar-refractivity contribution in [1.29, 1.82) is 0 Å². The second-order valence-electron chi connectivity index (χ2n) is 23.2. The topological polar surface area (TPSA) is 9.23 Å². The van der Waals surface area contributed by atoms with Crippen molar-refractivity contribution in [3.8, 4) is 0 Å². The van der Waals surface area contributed by atoms with Crippen molar-refractivity contribution in [2.75, 3.05) is 6.61 Å². The van der Waals surface area contributed by atoms with Gasteiger partial charge in [-0.2, -0.15) is 0 Å². The Kier molecular flexibility index (Phi) is 1.76. The van der Waals surface area contributed by atoms with Gasteiger partial charge in [0.05, 0.1) is 5.92 Å². The summed E-state index contributed by atoms with van der Waals surface area (Å²) < 4.78 is 8.04. The average Bonchev–Trinajstić information content (AvgIpc) is 4.13. The third kappa shape index (κ3) is 1.14. The molecule has 0 aliphatic heterocycles. The van der Waals surface area contributed by atoms with Crippen LogP contribution < -0.4 is 0 Å². The van der Waals surface area contributed by atoms with Crippen molar-refractivity contribution in [1.82, 2.24) is 0 Å². The van der Waals surface area contributed by atoms with E-state index in [-0.39, 0.29) is 0 Å². The zero-order valence-electron chi connectivity index (χ0n) is 32.1. The first-order chi connectivity index (χ1) is 31.4. The molecule has 0 amide bonds. The average molecular weight is 766 g/mol. The second kappa shape index (κ2) is 4.93. The van der Waals surface area contributed by atoms with Gasteiger partial charge in [0.25, 0.3) is 0 Å². The van der Waals surface area contributed by atoms with Crippen molar-refractivity contribution >= 4 is 291 Å². The van der Waals surface area contributed by atoms with E-state index in [0.717, 1.165) is 0 Å². The molecular weight excluding hydrogens is 761 g/mol.